The molecule has 2 amide bonds. The van der Waals surface area contributed by atoms with Gasteiger partial charge < -0.3 is 0 Å². The molecule has 0 fully saturated rings. The van der Waals surface area contributed by atoms with Crippen molar-refractivity contribution in [3.8, 4) is 0 Å². The van der Waals surface area contributed by atoms with Gasteiger partial charge in [0, 0.05) is 5.56 Å². The van der Waals surface area contributed by atoms with Crippen LogP contribution in [0, 0.1) is 0 Å². The van der Waals surface area contributed by atoms with Crippen molar-refractivity contribution < 1.29 is 9.59 Å². The van der Waals surface area contributed by atoms with Crippen LogP contribution in [0.5, 0.6) is 0 Å². The van der Waals surface area contributed by atoms with Crippen LogP contribution in [0.25, 0.3) is 0 Å². The van der Waals surface area contributed by atoms with Crippen molar-refractivity contribution in [3.63, 3.8) is 0 Å². The van der Waals surface area contributed by atoms with Gasteiger partial charge in [0.2, 0.25) is 5.91 Å². The number of nitrogens with one attached hydrogen (secondary N) is 1. The number of benzene rings is 1. The van der Waals surface area contributed by atoms with Crippen LogP contribution in [-0.4, -0.2) is 17.1 Å². The molecule has 0 heterocycles. The third-order valence-corrected chi connectivity index (χ3v) is 1.92. The summed E-state index contributed by atoms with van der Waals surface area (Å²) < 4.78 is 0. The number of hydrogen-bond acceptors (Lipinski definition) is 2. The Hall–Kier alpha value is -1.16. The monoisotopic (exact) mass is 241 g/mol. The second kappa shape index (κ2) is 4.77. The molecule has 0 saturated carbocycles. The quantitative estimate of drug-likeness (QED) is 0.795. The first-order valence-corrected chi connectivity index (χ1v) is 4.81. The van der Waals surface area contributed by atoms with E-state index in [2.05, 4.69) is 21.2 Å². The Morgan fingerprint density at radius 2 is 1.85 bits per heavy atom. The Kier molecular flexibility index (Phi) is 3.64. The van der Waals surface area contributed by atoms with Gasteiger partial charge in [0.15, 0.2) is 0 Å². The number of carbonyl (C=O) groups is 2. The Morgan fingerprint density at radius 3 is 2.38 bits per heavy atom. The number of rotatable bonds is 2. The topological polar surface area (TPSA) is 46.2 Å². The third kappa shape index (κ3) is 2.99. The minimum atomic E-state index is -0.370. The highest BCUT2D eigenvalue weighted by atomic mass is 79.9. The molecular weight excluding hydrogens is 234 g/mol. The van der Waals surface area contributed by atoms with E-state index in [-0.39, 0.29) is 17.1 Å². The van der Waals surface area contributed by atoms with E-state index in [9.17, 15) is 9.59 Å². The molecular formula is C9H8BrNO2. The molecule has 13 heavy (non-hydrogen) atoms. The number of alkyl halides is 1. The summed E-state index contributed by atoms with van der Waals surface area (Å²) >= 11 is 2.95. The first kappa shape index (κ1) is 9.92. The summed E-state index contributed by atoms with van der Waals surface area (Å²) in [4.78, 5) is 22.1. The third-order valence-electron chi connectivity index (χ3n) is 1.41. The van der Waals surface area contributed by atoms with Gasteiger partial charge >= 0.3 is 0 Å². The van der Waals surface area contributed by atoms with Gasteiger partial charge in [-0.15, -0.1) is 0 Å². The summed E-state index contributed by atoms with van der Waals surface area (Å²) in [6.45, 7) is 0. The van der Waals surface area contributed by atoms with Crippen LogP contribution in [0.3, 0.4) is 0 Å². The molecule has 0 atom stereocenters. The van der Waals surface area contributed by atoms with Crippen molar-refractivity contribution in [1.82, 2.24) is 5.32 Å². The van der Waals surface area contributed by atoms with E-state index in [0.717, 1.165) is 0 Å². The SMILES string of the molecule is O=C(CBr)NC(=O)c1ccccc1. The highest BCUT2D eigenvalue weighted by Crippen LogP contribution is 1.97. The Morgan fingerprint density at radius 1 is 1.23 bits per heavy atom. The van der Waals surface area contributed by atoms with E-state index in [1.54, 1.807) is 24.3 Å². The highest BCUT2D eigenvalue weighted by molar-refractivity contribution is 9.09. The standard InChI is InChI=1S/C9H8BrNO2/c10-6-8(12)11-9(13)7-4-2-1-3-5-7/h1-5H,6H2,(H,11,12,13). The molecule has 0 aliphatic rings. The maximum Gasteiger partial charge on any atom is 0.257 e. The van der Waals surface area contributed by atoms with Crippen LogP contribution < -0.4 is 5.32 Å². The fraction of sp³-hybridized carbons (Fsp3) is 0.111. The molecule has 68 valence electrons. The van der Waals surface area contributed by atoms with Crippen molar-refractivity contribution in [1.29, 1.82) is 0 Å². The van der Waals surface area contributed by atoms with Crippen LogP contribution in [0.15, 0.2) is 30.3 Å². The Bertz CT molecular complexity index is 311. The van der Waals surface area contributed by atoms with Gasteiger partial charge in [-0.25, -0.2) is 0 Å². The fourth-order valence-corrected chi connectivity index (χ4v) is 0.962. The molecule has 0 aromatic heterocycles. The predicted octanol–water partition coefficient (Wildman–Crippen LogP) is 1.34. The fourth-order valence-electron chi connectivity index (χ4n) is 0.822. The molecule has 0 spiro atoms. The molecule has 1 aromatic carbocycles. The van der Waals surface area contributed by atoms with Crippen LogP contribution in [0.2, 0.25) is 0 Å². The lowest BCUT2D eigenvalue weighted by atomic mass is 10.2. The minimum Gasteiger partial charge on any atom is -0.292 e. The Labute approximate surface area is 84.3 Å². The molecule has 0 unspecified atom stereocenters. The van der Waals surface area contributed by atoms with Crippen LogP contribution in [-0.2, 0) is 4.79 Å². The van der Waals surface area contributed by atoms with Gasteiger partial charge in [-0.1, -0.05) is 34.1 Å². The summed E-state index contributed by atoms with van der Waals surface area (Å²) in [5.41, 5.74) is 0.483. The van der Waals surface area contributed by atoms with Crippen molar-refractivity contribution in [2.45, 2.75) is 0 Å². The van der Waals surface area contributed by atoms with Gasteiger partial charge in [0.05, 0.1) is 5.33 Å². The molecule has 3 nitrogen and oxygen atoms in total. The predicted molar refractivity (Wildman–Crippen MR) is 52.7 cm³/mol. The van der Waals surface area contributed by atoms with Crippen LogP contribution in [0.4, 0.5) is 0 Å². The second-order valence-electron chi connectivity index (χ2n) is 2.38. The molecule has 1 rings (SSSR count). The first-order valence-electron chi connectivity index (χ1n) is 3.69. The minimum absolute atomic E-state index is 0.131. The molecule has 0 aliphatic heterocycles. The van der Waals surface area contributed by atoms with Crippen molar-refractivity contribution in [2.75, 3.05) is 5.33 Å². The molecule has 0 bridgehead atoms. The van der Waals surface area contributed by atoms with Crippen molar-refractivity contribution >= 4 is 27.7 Å². The van der Waals surface area contributed by atoms with Crippen molar-refractivity contribution in [2.24, 2.45) is 0 Å². The summed E-state index contributed by atoms with van der Waals surface area (Å²) in [6.07, 6.45) is 0. The van der Waals surface area contributed by atoms with E-state index < -0.39 is 0 Å². The maximum absolute atomic E-state index is 11.3. The van der Waals surface area contributed by atoms with E-state index in [1.807, 2.05) is 6.07 Å². The lowest BCUT2D eigenvalue weighted by molar-refractivity contribution is -0.117. The molecule has 0 radical (unpaired) electrons. The smallest absolute Gasteiger partial charge is 0.257 e. The summed E-state index contributed by atoms with van der Waals surface area (Å²) in [6, 6.07) is 8.60. The molecule has 1 aromatic rings. The van der Waals surface area contributed by atoms with E-state index >= 15 is 0 Å². The highest BCUT2D eigenvalue weighted by Gasteiger charge is 2.07. The average molecular weight is 242 g/mol. The summed E-state index contributed by atoms with van der Waals surface area (Å²) in [5, 5.41) is 2.35. The molecule has 4 heteroatoms. The van der Waals surface area contributed by atoms with Gasteiger partial charge in [-0.05, 0) is 12.1 Å². The number of amides is 2. The lowest BCUT2D eigenvalue weighted by Crippen LogP contribution is -2.31. The van der Waals surface area contributed by atoms with Crippen molar-refractivity contribution in [3.05, 3.63) is 35.9 Å². The number of halogens is 1. The molecule has 0 aliphatic carbocycles. The number of carbonyl (C=O) groups excluding carboxylic acids is 2. The molecule has 0 saturated heterocycles. The molecule has 1 N–H and O–H groups in total. The first-order chi connectivity index (χ1) is 6.24. The summed E-state index contributed by atoms with van der Waals surface area (Å²) in [5.74, 6) is -0.709. The lowest BCUT2D eigenvalue weighted by Gasteiger charge is -2.00. The average Bonchev–Trinajstić information content (AvgIpc) is 2.19. The normalized spacial score (nSPS) is 9.31. The van der Waals surface area contributed by atoms with Gasteiger partial charge in [0.25, 0.3) is 5.91 Å². The largest absolute Gasteiger partial charge is 0.292 e. The van der Waals surface area contributed by atoms with E-state index in [0.29, 0.717) is 5.56 Å². The zero-order valence-electron chi connectivity index (χ0n) is 6.79. The van der Waals surface area contributed by atoms with E-state index in [1.165, 1.54) is 0 Å². The second-order valence-corrected chi connectivity index (χ2v) is 2.94. The van der Waals surface area contributed by atoms with Gasteiger partial charge in [-0.3, -0.25) is 14.9 Å². The van der Waals surface area contributed by atoms with Gasteiger partial charge in [0.1, 0.15) is 0 Å². The maximum atomic E-state index is 11.3. The number of hydrogen-bond donors (Lipinski definition) is 1. The van der Waals surface area contributed by atoms with Gasteiger partial charge in [-0.2, -0.15) is 0 Å². The van der Waals surface area contributed by atoms with Crippen LogP contribution in [0.1, 0.15) is 10.4 Å². The van der Waals surface area contributed by atoms with Crippen LogP contribution >= 0.6 is 15.9 Å². The zero-order valence-corrected chi connectivity index (χ0v) is 8.37. The number of imide groups is 1. The summed E-state index contributed by atoms with van der Waals surface area (Å²) in [7, 11) is 0. The van der Waals surface area contributed by atoms with E-state index in [4.69, 9.17) is 0 Å². The Balaban J connectivity index is 2.65. The zero-order chi connectivity index (χ0) is 9.68.